The van der Waals surface area contributed by atoms with Gasteiger partial charge in [0.1, 0.15) is 0 Å². The van der Waals surface area contributed by atoms with Crippen molar-refractivity contribution in [3.8, 4) is 0 Å². The molecule has 0 fully saturated rings. The molecular formula is C14H14Cl2N2. The van der Waals surface area contributed by atoms with Crippen molar-refractivity contribution in [3.63, 3.8) is 0 Å². The van der Waals surface area contributed by atoms with Crippen LogP contribution in [0.5, 0.6) is 0 Å². The van der Waals surface area contributed by atoms with Crippen LogP contribution in [0.1, 0.15) is 11.1 Å². The molecule has 2 nitrogen and oxygen atoms in total. The number of rotatable bonds is 3. The SMILES string of the molecule is Cc1ccc(NCc2ccc(Cl)c(Cl)c2)cc1N. The van der Waals surface area contributed by atoms with Gasteiger partial charge in [-0.05, 0) is 42.3 Å². The molecule has 0 spiro atoms. The largest absolute Gasteiger partial charge is 0.398 e. The third-order valence-corrected chi connectivity index (χ3v) is 3.50. The Morgan fingerprint density at radius 2 is 1.83 bits per heavy atom. The van der Waals surface area contributed by atoms with Gasteiger partial charge < -0.3 is 11.1 Å². The molecule has 0 radical (unpaired) electrons. The summed E-state index contributed by atoms with van der Waals surface area (Å²) in [5.41, 5.74) is 9.78. The third kappa shape index (κ3) is 3.09. The predicted molar refractivity (Wildman–Crippen MR) is 79.4 cm³/mol. The molecule has 4 heteroatoms. The molecule has 2 aromatic rings. The van der Waals surface area contributed by atoms with Crippen molar-refractivity contribution in [2.24, 2.45) is 0 Å². The lowest BCUT2D eigenvalue weighted by atomic mass is 10.1. The lowest BCUT2D eigenvalue weighted by Gasteiger charge is -2.09. The lowest BCUT2D eigenvalue weighted by Crippen LogP contribution is -2.00. The number of hydrogen-bond acceptors (Lipinski definition) is 2. The highest BCUT2D eigenvalue weighted by molar-refractivity contribution is 6.42. The van der Waals surface area contributed by atoms with Gasteiger partial charge in [-0.3, -0.25) is 0 Å². The summed E-state index contributed by atoms with van der Waals surface area (Å²) in [7, 11) is 0. The van der Waals surface area contributed by atoms with Gasteiger partial charge in [0, 0.05) is 17.9 Å². The van der Waals surface area contributed by atoms with Crippen LogP contribution < -0.4 is 11.1 Å². The van der Waals surface area contributed by atoms with E-state index in [4.69, 9.17) is 28.9 Å². The number of benzene rings is 2. The Kier molecular flexibility index (Phi) is 4.00. The minimum Gasteiger partial charge on any atom is -0.398 e. The van der Waals surface area contributed by atoms with E-state index < -0.39 is 0 Å². The van der Waals surface area contributed by atoms with Crippen molar-refractivity contribution in [2.45, 2.75) is 13.5 Å². The van der Waals surface area contributed by atoms with Crippen LogP contribution in [-0.4, -0.2) is 0 Å². The molecule has 0 unspecified atom stereocenters. The fraction of sp³-hybridized carbons (Fsp3) is 0.143. The monoisotopic (exact) mass is 280 g/mol. The molecule has 0 aliphatic rings. The summed E-state index contributed by atoms with van der Waals surface area (Å²) in [6.45, 7) is 2.66. The highest BCUT2D eigenvalue weighted by atomic mass is 35.5. The van der Waals surface area contributed by atoms with Gasteiger partial charge in [-0.25, -0.2) is 0 Å². The molecule has 0 heterocycles. The predicted octanol–water partition coefficient (Wildman–Crippen LogP) is 4.50. The molecule has 0 aromatic heterocycles. The topological polar surface area (TPSA) is 38.0 Å². The van der Waals surface area contributed by atoms with Crippen LogP contribution in [0.3, 0.4) is 0 Å². The Balaban J connectivity index is 2.06. The van der Waals surface area contributed by atoms with Crippen molar-refractivity contribution >= 4 is 34.6 Å². The van der Waals surface area contributed by atoms with Gasteiger partial charge >= 0.3 is 0 Å². The van der Waals surface area contributed by atoms with Crippen molar-refractivity contribution < 1.29 is 0 Å². The zero-order chi connectivity index (χ0) is 13.1. The summed E-state index contributed by atoms with van der Waals surface area (Å²) in [6, 6.07) is 11.5. The highest BCUT2D eigenvalue weighted by Gasteiger charge is 2.00. The molecule has 0 saturated heterocycles. The molecule has 0 aliphatic heterocycles. The summed E-state index contributed by atoms with van der Waals surface area (Å²) < 4.78 is 0. The quantitative estimate of drug-likeness (QED) is 0.813. The first-order valence-corrected chi connectivity index (χ1v) is 6.36. The van der Waals surface area contributed by atoms with Gasteiger partial charge in [0.15, 0.2) is 0 Å². The first kappa shape index (κ1) is 13.1. The smallest absolute Gasteiger partial charge is 0.0595 e. The number of nitrogen functional groups attached to an aromatic ring is 1. The highest BCUT2D eigenvalue weighted by Crippen LogP contribution is 2.23. The second-order valence-corrected chi connectivity index (χ2v) is 4.99. The summed E-state index contributed by atoms with van der Waals surface area (Å²) in [4.78, 5) is 0. The van der Waals surface area contributed by atoms with Gasteiger partial charge in [-0.2, -0.15) is 0 Å². The normalized spacial score (nSPS) is 10.4. The van der Waals surface area contributed by atoms with Crippen LogP contribution >= 0.6 is 23.2 Å². The van der Waals surface area contributed by atoms with Gasteiger partial charge in [-0.15, -0.1) is 0 Å². The zero-order valence-corrected chi connectivity index (χ0v) is 11.5. The van der Waals surface area contributed by atoms with E-state index in [0.29, 0.717) is 16.6 Å². The molecule has 94 valence electrons. The number of halogens is 2. The number of nitrogens with one attached hydrogen (secondary N) is 1. The standard InChI is InChI=1S/C14H14Cl2N2/c1-9-2-4-11(7-14(9)17)18-8-10-3-5-12(15)13(16)6-10/h2-7,18H,8,17H2,1H3. The van der Waals surface area contributed by atoms with Gasteiger partial charge in [0.25, 0.3) is 0 Å². The molecule has 18 heavy (non-hydrogen) atoms. The molecule has 3 N–H and O–H groups in total. The minimum atomic E-state index is 0.569. The number of anilines is 2. The Labute approximate surface area is 117 Å². The summed E-state index contributed by atoms with van der Waals surface area (Å²) in [6.07, 6.45) is 0. The molecular weight excluding hydrogens is 267 g/mol. The van der Waals surface area contributed by atoms with Gasteiger partial charge in [-0.1, -0.05) is 35.3 Å². The maximum Gasteiger partial charge on any atom is 0.0595 e. The first-order chi connectivity index (χ1) is 8.56. The van der Waals surface area contributed by atoms with Crippen molar-refractivity contribution in [1.29, 1.82) is 0 Å². The maximum atomic E-state index is 5.96. The van der Waals surface area contributed by atoms with E-state index in [1.54, 1.807) is 6.07 Å². The third-order valence-electron chi connectivity index (χ3n) is 2.76. The molecule has 2 aromatic carbocycles. The fourth-order valence-electron chi connectivity index (χ4n) is 1.60. The second-order valence-electron chi connectivity index (χ2n) is 4.17. The van der Waals surface area contributed by atoms with Crippen LogP contribution in [0.2, 0.25) is 10.0 Å². The molecule has 2 rings (SSSR count). The second kappa shape index (κ2) is 5.51. The summed E-state index contributed by atoms with van der Waals surface area (Å²) in [5, 5.41) is 4.43. The molecule has 0 aliphatic carbocycles. The average molecular weight is 281 g/mol. The van der Waals surface area contributed by atoms with E-state index in [9.17, 15) is 0 Å². The van der Waals surface area contributed by atoms with Crippen LogP contribution in [0.15, 0.2) is 36.4 Å². The van der Waals surface area contributed by atoms with Gasteiger partial charge in [0.2, 0.25) is 0 Å². The fourth-order valence-corrected chi connectivity index (χ4v) is 1.92. The van der Waals surface area contributed by atoms with Crippen LogP contribution in [-0.2, 0) is 6.54 Å². The van der Waals surface area contributed by atoms with E-state index in [0.717, 1.165) is 22.5 Å². The Morgan fingerprint density at radius 1 is 1.06 bits per heavy atom. The zero-order valence-electron chi connectivity index (χ0n) is 10.0. The molecule has 0 bridgehead atoms. The van der Waals surface area contributed by atoms with Crippen molar-refractivity contribution in [2.75, 3.05) is 11.1 Å². The number of hydrogen-bond donors (Lipinski definition) is 2. The lowest BCUT2D eigenvalue weighted by molar-refractivity contribution is 1.15. The molecule has 0 atom stereocenters. The Bertz CT molecular complexity index is 516. The summed E-state index contributed by atoms with van der Waals surface area (Å²) in [5.74, 6) is 0. The van der Waals surface area contributed by atoms with E-state index in [-0.39, 0.29) is 0 Å². The van der Waals surface area contributed by atoms with Crippen LogP contribution in [0.4, 0.5) is 11.4 Å². The molecule has 0 amide bonds. The average Bonchev–Trinajstić information content (AvgIpc) is 2.35. The minimum absolute atomic E-state index is 0.569. The van der Waals surface area contributed by atoms with E-state index >= 15 is 0 Å². The van der Waals surface area contributed by atoms with E-state index in [1.807, 2.05) is 37.3 Å². The number of nitrogens with two attached hydrogens (primary N) is 1. The Morgan fingerprint density at radius 3 is 2.50 bits per heavy atom. The van der Waals surface area contributed by atoms with Crippen LogP contribution in [0, 0.1) is 6.92 Å². The maximum absolute atomic E-state index is 5.96. The van der Waals surface area contributed by atoms with E-state index in [2.05, 4.69) is 5.32 Å². The summed E-state index contributed by atoms with van der Waals surface area (Å²) >= 11 is 11.8. The van der Waals surface area contributed by atoms with Crippen molar-refractivity contribution in [3.05, 3.63) is 57.6 Å². The van der Waals surface area contributed by atoms with Crippen LogP contribution in [0.25, 0.3) is 0 Å². The first-order valence-electron chi connectivity index (χ1n) is 5.60. The van der Waals surface area contributed by atoms with E-state index in [1.165, 1.54) is 0 Å². The van der Waals surface area contributed by atoms with Gasteiger partial charge in [0.05, 0.1) is 10.0 Å². The van der Waals surface area contributed by atoms with Crippen molar-refractivity contribution in [1.82, 2.24) is 0 Å². The Hall–Kier alpha value is -1.38. The number of aryl methyl sites for hydroxylation is 1. The molecule has 0 saturated carbocycles.